The molecule has 0 radical (unpaired) electrons. The summed E-state index contributed by atoms with van der Waals surface area (Å²) in [4.78, 5) is 11.0. The Balaban J connectivity index is 2.88. The van der Waals surface area contributed by atoms with E-state index in [0.29, 0.717) is 5.71 Å². The van der Waals surface area contributed by atoms with E-state index in [4.69, 9.17) is 10.7 Å². The topological polar surface area (TPSA) is 78.7 Å². The first-order valence-electron chi connectivity index (χ1n) is 7.09. The molecule has 0 saturated heterocycles. The van der Waals surface area contributed by atoms with Gasteiger partial charge in [0.2, 0.25) is 0 Å². The van der Waals surface area contributed by atoms with Gasteiger partial charge in [0.25, 0.3) is 0 Å². The normalized spacial score (nSPS) is 23.3. The monoisotopic (exact) mass is 292 g/mol. The molecule has 1 aliphatic rings. The van der Waals surface area contributed by atoms with Gasteiger partial charge >= 0.3 is 0 Å². The number of aliphatic imine (C=N–C) groups is 2. The van der Waals surface area contributed by atoms with Crippen molar-refractivity contribution in [3.8, 4) is 0 Å². The second-order valence-electron chi connectivity index (χ2n) is 6.93. The molecule has 0 spiro atoms. The maximum absolute atomic E-state index is 5.99. The molecule has 0 bridgehead atoms. The number of rotatable bonds is 4. The minimum atomic E-state index is -0.528. The minimum absolute atomic E-state index is 0.169. The van der Waals surface area contributed by atoms with Gasteiger partial charge in [-0.1, -0.05) is 0 Å². The van der Waals surface area contributed by atoms with Crippen LogP contribution in [0, 0.1) is 0 Å². The molecule has 6 heteroatoms. The maximum Gasteiger partial charge on any atom is 0.108 e. The quantitative estimate of drug-likeness (QED) is 0.633. The predicted molar refractivity (Wildman–Crippen MR) is 92.0 cm³/mol. The zero-order valence-electron chi connectivity index (χ0n) is 14.5. The second kappa shape index (κ2) is 5.77. The fraction of sp³-hybridized carbons (Fsp3) is 0.733. The predicted octanol–water partition coefficient (Wildman–Crippen LogP) is 1.75. The van der Waals surface area contributed by atoms with Gasteiger partial charge in [0.15, 0.2) is 0 Å². The molecule has 1 heterocycles. The zero-order valence-corrected chi connectivity index (χ0v) is 14.5. The lowest BCUT2D eigenvalue weighted by Crippen LogP contribution is -2.49. The molecule has 118 valence electrons. The molecule has 0 unspecified atom stereocenters. The van der Waals surface area contributed by atoms with Crippen LogP contribution in [-0.2, 0) is 0 Å². The standard InChI is InChI=1S/C15H28N6/c1-13(2,16)11(17-7)9-18-19-10-12-14(3,4)21(8)15(5,6)20-12/h9-10H,16H2,1-8H3/b17-11?,18-9+,19-10+. The van der Waals surface area contributed by atoms with Crippen molar-refractivity contribution in [3.63, 3.8) is 0 Å². The summed E-state index contributed by atoms with van der Waals surface area (Å²) < 4.78 is 0. The molecule has 0 aromatic rings. The lowest BCUT2D eigenvalue weighted by molar-refractivity contribution is 0.121. The summed E-state index contributed by atoms with van der Waals surface area (Å²) in [6.45, 7) is 12.2. The van der Waals surface area contributed by atoms with Gasteiger partial charge < -0.3 is 5.73 Å². The molecule has 1 rings (SSSR count). The van der Waals surface area contributed by atoms with E-state index in [2.05, 4.69) is 54.8 Å². The minimum Gasteiger partial charge on any atom is -0.321 e. The van der Waals surface area contributed by atoms with E-state index < -0.39 is 5.54 Å². The van der Waals surface area contributed by atoms with Gasteiger partial charge in [0.1, 0.15) is 5.66 Å². The van der Waals surface area contributed by atoms with Crippen LogP contribution in [0.4, 0.5) is 0 Å². The maximum atomic E-state index is 5.99. The Kier molecular flexibility index (Phi) is 4.85. The first-order valence-corrected chi connectivity index (χ1v) is 7.09. The van der Waals surface area contributed by atoms with Crippen molar-refractivity contribution in [1.82, 2.24) is 4.90 Å². The van der Waals surface area contributed by atoms with Crippen molar-refractivity contribution >= 4 is 23.9 Å². The highest BCUT2D eigenvalue weighted by molar-refractivity contribution is 6.36. The molecule has 6 nitrogen and oxygen atoms in total. The molecular weight excluding hydrogens is 264 g/mol. The Hall–Kier alpha value is -1.40. The third-order valence-corrected chi connectivity index (χ3v) is 4.01. The number of nitrogens with two attached hydrogens (primary N) is 1. The summed E-state index contributed by atoms with van der Waals surface area (Å²) in [6.07, 6.45) is 3.30. The first-order chi connectivity index (χ1) is 9.43. The summed E-state index contributed by atoms with van der Waals surface area (Å²) in [5, 5.41) is 8.15. The van der Waals surface area contributed by atoms with Gasteiger partial charge in [0, 0.05) is 7.05 Å². The first kappa shape index (κ1) is 17.7. The number of nitrogens with zero attached hydrogens (tertiary/aromatic N) is 5. The molecule has 0 saturated carbocycles. The summed E-state index contributed by atoms with van der Waals surface area (Å²) >= 11 is 0. The van der Waals surface area contributed by atoms with E-state index in [1.807, 2.05) is 13.8 Å². The van der Waals surface area contributed by atoms with Crippen molar-refractivity contribution in [2.24, 2.45) is 25.9 Å². The van der Waals surface area contributed by atoms with Crippen molar-refractivity contribution in [2.45, 2.75) is 58.3 Å². The molecule has 21 heavy (non-hydrogen) atoms. The Bertz CT molecular complexity index is 503. The molecule has 0 atom stereocenters. The van der Waals surface area contributed by atoms with Gasteiger partial charge in [-0.15, -0.1) is 0 Å². The van der Waals surface area contributed by atoms with E-state index >= 15 is 0 Å². The van der Waals surface area contributed by atoms with Crippen LogP contribution in [-0.4, -0.2) is 59.6 Å². The van der Waals surface area contributed by atoms with Crippen LogP contribution >= 0.6 is 0 Å². The number of hydrogen-bond acceptors (Lipinski definition) is 6. The molecule has 0 aliphatic carbocycles. The highest BCUT2D eigenvalue weighted by Gasteiger charge is 2.44. The van der Waals surface area contributed by atoms with Crippen LogP contribution in [0.3, 0.4) is 0 Å². The van der Waals surface area contributed by atoms with Gasteiger partial charge in [0.05, 0.1) is 34.9 Å². The average molecular weight is 292 g/mol. The Morgan fingerprint density at radius 3 is 2.19 bits per heavy atom. The van der Waals surface area contributed by atoms with Crippen LogP contribution in [0.5, 0.6) is 0 Å². The van der Waals surface area contributed by atoms with Crippen LogP contribution in [0.15, 0.2) is 20.2 Å². The van der Waals surface area contributed by atoms with E-state index in [1.165, 1.54) is 0 Å². The Morgan fingerprint density at radius 2 is 1.81 bits per heavy atom. The highest BCUT2D eigenvalue weighted by atomic mass is 15.4. The van der Waals surface area contributed by atoms with Gasteiger partial charge in [-0.05, 0) is 48.6 Å². The fourth-order valence-corrected chi connectivity index (χ4v) is 2.24. The molecule has 2 N–H and O–H groups in total. The lowest BCUT2D eigenvalue weighted by atomic mass is 9.98. The van der Waals surface area contributed by atoms with Crippen molar-refractivity contribution in [3.05, 3.63) is 0 Å². The van der Waals surface area contributed by atoms with E-state index in [-0.39, 0.29) is 11.2 Å². The zero-order chi connectivity index (χ0) is 16.5. The summed E-state index contributed by atoms with van der Waals surface area (Å²) in [5.74, 6) is 0. The molecule has 0 fully saturated rings. The SMILES string of the molecule is CN=C(/C=N/N=C/C1=NC(C)(C)N(C)C1(C)C)C(C)(C)N. The average Bonchev–Trinajstić information content (AvgIpc) is 2.48. The van der Waals surface area contributed by atoms with E-state index in [9.17, 15) is 0 Å². The third-order valence-electron chi connectivity index (χ3n) is 4.01. The molecule has 0 amide bonds. The highest BCUT2D eigenvalue weighted by Crippen LogP contribution is 2.32. The van der Waals surface area contributed by atoms with Crippen molar-refractivity contribution in [1.29, 1.82) is 0 Å². The van der Waals surface area contributed by atoms with E-state index in [0.717, 1.165) is 5.71 Å². The second-order valence-corrected chi connectivity index (χ2v) is 6.93. The number of hydrogen-bond donors (Lipinski definition) is 1. The smallest absolute Gasteiger partial charge is 0.108 e. The van der Waals surface area contributed by atoms with Gasteiger partial charge in [-0.2, -0.15) is 10.2 Å². The summed E-state index contributed by atoms with van der Waals surface area (Å²) in [6, 6.07) is 0. The molecule has 1 aliphatic heterocycles. The lowest BCUT2D eigenvalue weighted by Gasteiger charge is -2.35. The van der Waals surface area contributed by atoms with Crippen LogP contribution in [0.1, 0.15) is 41.5 Å². The van der Waals surface area contributed by atoms with Crippen LogP contribution in [0.2, 0.25) is 0 Å². The Morgan fingerprint density at radius 1 is 1.24 bits per heavy atom. The fourth-order valence-electron chi connectivity index (χ4n) is 2.24. The molecular formula is C15H28N6. The summed E-state index contributed by atoms with van der Waals surface area (Å²) in [5.41, 5.74) is 6.67. The van der Waals surface area contributed by atoms with Crippen LogP contribution in [0.25, 0.3) is 0 Å². The third kappa shape index (κ3) is 3.83. The summed E-state index contributed by atoms with van der Waals surface area (Å²) in [7, 11) is 3.76. The van der Waals surface area contributed by atoms with E-state index in [1.54, 1.807) is 19.5 Å². The van der Waals surface area contributed by atoms with Gasteiger partial charge in [-0.3, -0.25) is 14.9 Å². The van der Waals surface area contributed by atoms with Gasteiger partial charge in [-0.25, -0.2) is 0 Å². The Labute approximate surface area is 127 Å². The molecule has 0 aromatic carbocycles. The van der Waals surface area contributed by atoms with Crippen molar-refractivity contribution in [2.75, 3.05) is 14.1 Å². The largest absolute Gasteiger partial charge is 0.321 e. The molecule has 0 aromatic heterocycles. The van der Waals surface area contributed by atoms with Crippen LogP contribution < -0.4 is 5.73 Å². The van der Waals surface area contributed by atoms with Crippen molar-refractivity contribution < 1.29 is 0 Å².